The molecule has 6 nitrogen and oxygen atoms in total. The first-order valence-corrected chi connectivity index (χ1v) is 8.11. The Kier molecular flexibility index (Phi) is 6.01. The molecule has 0 bridgehead atoms. The fourth-order valence-electron chi connectivity index (χ4n) is 2.58. The third-order valence-electron chi connectivity index (χ3n) is 3.86. The number of carbonyl (C=O) groups is 2. The minimum Gasteiger partial charge on any atom is -0.342 e. The zero-order valence-electron chi connectivity index (χ0n) is 14.2. The van der Waals surface area contributed by atoms with Crippen LogP contribution in [0.25, 0.3) is 10.9 Å². The van der Waals surface area contributed by atoms with Crippen LogP contribution in [0.5, 0.6) is 0 Å². The minimum absolute atomic E-state index is 0.100. The van der Waals surface area contributed by atoms with Crippen LogP contribution in [0.4, 0.5) is 10.5 Å². The van der Waals surface area contributed by atoms with Gasteiger partial charge in [-0.3, -0.25) is 4.79 Å². The summed E-state index contributed by atoms with van der Waals surface area (Å²) in [6.07, 6.45) is 3.52. The van der Waals surface area contributed by atoms with E-state index in [9.17, 15) is 9.59 Å². The molecule has 0 atom stereocenters. The van der Waals surface area contributed by atoms with Gasteiger partial charge >= 0.3 is 6.03 Å². The molecule has 0 aliphatic rings. The van der Waals surface area contributed by atoms with Gasteiger partial charge in [-0.25, -0.2) is 4.79 Å². The maximum absolute atomic E-state index is 12.3. The van der Waals surface area contributed by atoms with Gasteiger partial charge in [0.2, 0.25) is 5.91 Å². The summed E-state index contributed by atoms with van der Waals surface area (Å²) in [6.45, 7) is 9.66. The predicted octanol–water partition coefficient (Wildman–Crippen LogP) is 2.82. The number of carbonyl (C=O) groups excluding carboxylic acids is 2. The highest BCUT2D eigenvalue weighted by Gasteiger charge is 2.12. The Morgan fingerprint density at radius 3 is 2.67 bits per heavy atom. The molecule has 128 valence electrons. The summed E-state index contributed by atoms with van der Waals surface area (Å²) in [5.74, 6) is 0.100. The van der Waals surface area contributed by atoms with Gasteiger partial charge in [0.15, 0.2) is 0 Å². The molecule has 24 heavy (non-hydrogen) atoms. The molecule has 3 amide bonds. The molecule has 2 aromatic rings. The van der Waals surface area contributed by atoms with E-state index in [1.165, 1.54) is 0 Å². The molecule has 1 aromatic carbocycles. The molecule has 2 rings (SSSR count). The number of anilines is 1. The highest BCUT2D eigenvalue weighted by molar-refractivity contribution is 5.93. The topological polar surface area (TPSA) is 66.4 Å². The Hall–Kier alpha value is -2.76. The number of benzene rings is 1. The van der Waals surface area contributed by atoms with Crippen LogP contribution in [0.3, 0.4) is 0 Å². The fraction of sp³-hybridized carbons (Fsp3) is 0.333. The Labute approximate surface area is 142 Å². The van der Waals surface area contributed by atoms with Crippen molar-refractivity contribution >= 4 is 28.5 Å². The molecule has 0 aliphatic carbocycles. The van der Waals surface area contributed by atoms with Crippen LogP contribution in [-0.4, -0.2) is 41.0 Å². The van der Waals surface area contributed by atoms with Crippen LogP contribution in [0.15, 0.2) is 43.1 Å². The molecule has 1 aromatic heterocycles. The molecule has 0 aliphatic heterocycles. The van der Waals surface area contributed by atoms with Crippen molar-refractivity contribution in [3.63, 3.8) is 0 Å². The van der Waals surface area contributed by atoms with Crippen molar-refractivity contribution in [2.24, 2.45) is 0 Å². The molecule has 0 fully saturated rings. The highest BCUT2D eigenvalue weighted by atomic mass is 16.2. The molecule has 1 heterocycles. The third-order valence-corrected chi connectivity index (χ3v) is 3.86. The van der Waals surface area contributed by atoms with Crippen LogP contribution >= 0.6 is 0 Å². The van der Waals surface area contributed by atoms with Crippen molar-refractivity contribution in [2.45, 2.75) is 20.4 Å². The summed E-state index contributed by atoms with van der Waals surface area (Å²) in [5.41, 5.74) is 1.67. The van der Waals surface area contributed by atoms with Crippen LogP contribution in [-0.2, 0) is 11.3 Å². The number of hydrogen-bond acceptors (Lipinski definition) is 2. The molecule has 6 heteroatoms. The maximum Gasteiger partial charge on any atom is 0.319 e. The lowest BCUT2D eigenvalue weighted by atomic mass is 10.2. The Morgan fingerprint density at radius 2 is 2.00 bits per heavy atom. The summed E-state index contributed by atoms with van der Waals surface area (Å²) in [6, 6.07) is 7.30. The van der Waals surface area contributed by atoms with Crippen molar-refractivity contribution in [2.75, 3.05) is 25.0 Å². The predicted molar refractivity (Wildman–Crippen MR) is 97.1 cm³/mol. The SMILES string of the molecule is C=CCNC(=O)Nc1ccc2c(ccn2CC(=O)N(CC)CC)c1. The van der Waals surface area contributed by atoms with Gasteiger partial charge in [-0.15, -0.1) is 6.58 Å². The number of nitrogens with one attached hydrogen (secondary N) is 2. The first kappa shape index (κ1) is 17.6. The number of aromatic nitrogens is 1. The van der Waals surface area contributed by atoms with Gasteiger partial charge in [-0.1, -0.05) is 6.08 Å². The normalized spacial score (nSPS) is 10.4. The van der Waals surface area contributed by atoms with Crippen molar-refractivity contribution in [3.05, 3.63) is 43.1 Å². The smallest absolute Gasteiger partial charge is 0.319 e. The summed E-state index contributed by atoms with van der Waals surface area (Å²) >= 11 is 0. The summed E-state index contributed by atoms with van der Waals surface area (Å²) in [4.78, 5) is 25.7. The van der Waals surface area contributed by atoms with Crippen molar-refractivity contribution in [3.8, 4) is 0 Å². The van der Waals surface area contributed by atoms with Crippen molar-refractivity contribution < 1.29 is 9.59 Å². The summed E-state index contributed by atoms with van der Waals surface area (Å²) in [5, 5.41) is 6.41. The molecule has 2 N–H and O–H groups in total. The second-order valence-corrected chi connectivity index (χ2v) is 5.41. The van der Waals surface area contributed by atoms with Crippen LogP contribution in [0, 0.1) is 0 Å². The second-order valence-electron chi connectivity index (χ2n) is 5.41. The monoisotopic (exact) mass is 328 g/mol. The first-order chi connectivity index (χ1) is 11.6. The maximum atomic E-state index is 12.3. The number of rotatable bonds is 7. The largest absolute Gasteiger partial charge is 0.342 e. The molecule has 0 unspecified atom stereocenters. The lowest BCUT2D eigenvalue weighted by molar-refractivity contribution is -0.131. The molecule has 0 spiro atoms. The van der Waals surface area contributed by atoms with Gasteiger partial charge in [-0.2, -0.15) is 0 Å². The van der Waals surface area contributed by atoms with E-state index in [4.69, 9.17) is 0 Å². The van der Waals surface area contributed by atoms with E-state index in [-0.39, 0.29) is 11.9 Å². The fourth-order valence-corrected chi connectivity index (χ4v) is 2.58. The third kappa shape index (κ3) is 4.16. The summed E-state index contributed by atoms with van der Waals surface area (Å²) < 4.78 is 1.93. The first-order valence-electron chi connectivity index (χ1n) is 8.11. The van der Waals surface area contributed by atoms with Crippen LogP contribution in [0.2, 0.25) is 0 Å². The van der Waals surface area contributed by atoms with E-state index in [1.54, 1.807) is 6.08 Å². The average Bonchev–Trinajstić information content (AvgIpc) is 2.96. The molecule has 0 radical (unpaired) electrons. The molecule has 0 saturated carbocycles. The van der Waals surface area contributed by atoms with Gasteiger partial charge in [0, 0.05) is 42.4 Å². The number of amides is 3. The van der Waals surface area contributed by atoms with Crippen molar-refractivity contribution in [1.29, 1.82) is 0 Å². The van der Waals surface area contributed by atoms with E-state index in [1.807, 2.05) is 53.8 Å². The zero-order chi connectivity index (χ0) is 17.5. The molecular formula is C18H24N4O2. The number of fused-ring (bicyclic) bond motifs is 1. The van der Waals surface area contributed by atoms with E-state index >= 15 is 0 Å². The molecule has 0 saturated heterocycles. The number of urea groups is 1. The van der Waals surface area contributed by atoms with Gasteiger partial charge in [0.1, 0.15) is 6.54 Å². The van der Waals surface area contributed by atoms with Gasteiger partial charge in [0.05, 0.1) is 0 Å². The lowest BCUT2D eigenvalue weighted by Gasteiger charge is -2.19. The Bertz CT molecular complexity index is 732. The van der Waals surface area contributed by atoms with Crippen molar-refractivity contribution in [1.82, 2.24) is 14.8 Å². The quantitative estimate of drug-likeness (QED) is 0.768. The van der Waals surface area contributed by atoms with Crippen LogP contribution < -0.4 is 10.6 Å². The van der Waals surface area contributed by atoms with Gasteiger partial charge < -0.3 is 20.1 Å². The van der Waals surface area contributed by atoms with Crippen LogP contribution in [0.1, 0.15) is 13.8 Å². The van der Waals surface area contributed by atoms with Gasteiger partial charge in [-0.05, 0) is 38.1 Å². The van der Waals surface area contributed by atoms with E-state index in [2.05, 4.69) is 17.2 Å². The van der Waals surface area contributed by atoms with Gasteiger partial charge in [0.25, 0.3) is 0 Å². The van der Waals surface area contributed by atoms with E-state index < -0.39 is 0 Å². The molecular weight excluding hydrogens is 304 g/mol. The summed E-state index contributed by atoms with van der Waals surface area (Å²) in [7, 11) is 0. The highest BCUT2D eigenvalue weighted by Crippen LogP contribution is 2.20. The minimum atomic E-state index is -0.273. The van der Waals surface area contributed by atoms with E-state index in [0.717, 1.165) is 10.9 Å². The lowest BCUT2D eigenvalue weighted by Crippen LogP contribution is -2.33. The van der Waals surface area contributed by atoms with E-state index in [0.29, 0.717) is 31.9 Å². The number of likely N-dealkylation sites (N-methyl/N-ethyl adjacent to an activating group) is 1. The Morgan fingerprint density at radius 1 is 1.25 bits per heavy atom. The number of nitrogens with zero attached hydrogens (tertiary/aromatic N) is 2. The zero-order valence-corrected chi connectivity index (χ0v) is 14.2. The second kappa shape index (κ2) is 8.19. The number of hydrogen-bond donors (Lipinski definition) is 2. The average molecular weight is 328 g/mol. The standard InChI is InChI=1S/C18H24N4O2/c1-4-10-19-18(24)20-15-7-8-16-14(12-15)9-11-22(16)13-17(23)21(5-2)6-3/h4,7-9,11-12H,1,5-6,10,13H2,2-3H3,(H2,19,20,24). The Balaban J connectivity index is 2.12.